The number of nitrogens with zero attached hydrogens (tertiary/aromatic N) is 1. The van der Waals surface area contributed by atoms with Crippen molar-refractivity contribution in [1.29, 1.82) is 0 Å². The van der Waals surface area contributed by atoms with Crippen molar-refractivity contribution in [2.75, 3.05) is 12.1 Å². The number of hydrogen-bond acceptors (Lipinski definition) is 3. The fourth-order valence-corrected chi connectivity index (χ4v) is 1.44. The Bertz CT molecular complexity index is 246. The largest absolute Gasteiger partial charge is 0.279 e. The maximum atomic E-state index is 11.0. The monoisotopic (exact) mass is 184 g/mol. The van der Waals surface area contributed by atoms with Crippen LogP contribution in [0.4, 0.5) is 5.00 Å². The van der Waals surface area contributed by atoms with Crippen molar-refractivity contribution >= 4 is 22.2 Å². The van der Waals surface area contributed by atoms with E-state index < -0.39 is 0 Å². The average Bonchev–Trinajstić information content (AvgIpc) is 2.56. The highest BCUT2D eigenvalue weighted by atomic mass is 32.1. The van der Waals surface area contributed by atoms with Gasteiger partial charge in [0.1, 0.15) is 5.00 Å². The van der Waals surface area contributed by atoms with Crippen molar-refractivity contribution in [2.24, 2.45) is 0 Å². The number of carbonyl (C=O) groups excluding carboxylic acids is 1. The Balaban J connectivity index is 2.49. The Hall–Kier alpha value is -1.03. The van der Waals surface area contributed by atoms with E-state index in [0.717, 1.165) is 5.00 Å². The van der Waals surface area contributed by atoms with Gasteiger partial charge in [0.15, 0.2) is 0 Å². The minimum atomic E-state index is 0.0332. The van der Waals surface area contributed by atoms with Crippen LogP contribution in [0.15, 0.2) is 17.5 Å². The Morgan fingerprint density at radius 2 is 2.50 bits per heavy atom. The molecule has 12 heavy (non-hydrogen) atoms. The van der Waals surface area contributed by atoms with Crippen LogP contribution >= 0.6 is 11.3 Å². The van der Waals surface area contributed by atoms with Crippen molar-refractivity contribution in [2.45, 2.75) is 13.3 Å². The third-order valence-electron chi connectivity index (χ3n) is 1.45. The average molecular weight is 184 g/mol. The van der Waals surface area contributed by atoms with Crippen LogP contribution in [0.25, 0.3) is 0 Å². The van der Waals surface area contributed by atoms with E-state index in [1.165, 1.54) is 0 Å². The van der Waals surface area contributed by atoms with Crippen LogP contribution < -0.4 is 10.4 Å². The molecule has 0 aliphatic heterocycles. The lowest BCUT2D eigenvalue weighted by molar-refractivity contribution is -0.120. The minimum Gasteiger partial charge on any atom is -0.279 e. The lowest BCUT2D eigenvalue weighted by Crippen LogP contribution is -2.38. The molecule has 0 aliphatic rings. The van der Waals surface area contributed by atoms with E-state index in [1.54, 1.807) is 16.3 Å². The molecule has 0 atom stereocenters. The van der Waals surface area contributed by atoms with E-state index in [0.29, 0.717) is 6.42 Å². The lowest BCUT2D eigenvalue weighted by atomic mass is 10.5. The maximum Gasteiger partial charge on any atom is 0.238 e. The van der Waals surface area contributed by atoms with E-state index in [9.17, 15) is 4.79 Å². The standard InChI is InChI=1S/C8H12N2OS/c1-3-7(11)9-10(2)8-5-4-6-12-8/h4-6H,3H2,1-2H3,(H,9,11). The molecule has 1 aromatic rings. The zero-order valence-corrected chi connectivity index (χ0v) is 8.02. The summed E-state index contributed by atoms with van der Waals surface area (Å²) in [5.74, 6) is 0.0332. The number of nitrogens with one attached hydrogen (secondary N) is 1. The molecule has 0 aliphatic carbocycles. The first-order valence-corrected chi connectivity index (χ1v) is 4.68. The summed E-state index contributed by atoms with van der Waals surface area (Å²) >= 11 is 1.59. The van der Waals surface area contributed by atoms with Gasteiger partial charge in [-0.1, -0.05) is 6.92 Å². The zero-order chi connectivity index (χ0) is 8.97. The second-order valence-electron chi connectivity index (χ2n) is 2.40. The molecule has 3 nitrogen and oxygen atoms in total. The van der Waals surface area contributed by atoms with Crippen LogP contribution in [0.1, 0.15) is 13.3 Å². The fraction of sp³-hybridized carbons (Fsp3) is 0.375. The van der Waals surface area contributed by atoms with E-state index in [2.05, 4.69) is 5.43 Å². The molecule has 0 bridgehead atoms. The Labute approximate surface area is 76.0 Å². The summed E-state index contributed by atoms with van der Waals surface area (Å²) in [5, 5.41) is 4.75. The van der Waals surface area contributed by atoms with Gasteiger partial charge in [0, 0.05) is 13.5 Å². The van der Waals surface area contributed by atoms with Crippen molar-refractivity contribution in [3.63, 3.8) is 0 Å². The fourth-order valence-electron chi connectivity index (χ4n) is 0.782. The van der Waals surface area contributed by atoms with Gasteiger partial charge in [-0.15, -0.1) is 11.3 Å². The SMILES string of the molecule is CCC(=O)NN(C)c1cccs1. The summed E-state index contributed by atoms with van der Waals surface area (Å²) in [5.41, 5.74) is 2.74. The third-order valence-corrected chi connectivity index (χ3v) is 2.39. The predicted molar refractivity (Wildman–Crippen MR) is 51.2 cm³/mol. The van der Waals surface area contributed by atoms with Crippen LogP contribution in [0.5, 0.6) is 0 Å². The van der Waals surface area contributed by atoms with Gasteiger partial charge in [-0.2, -0.15) is 0 Å². The molecular formula is C8H12N2OS. The molecule has 0 saturated heterocycles. The molecule has 0 aromatic carbocycles. The van der Waals surface area contributed by atoms with Gasteiger partial charge < -0.3 is 0 Å². The molecule has 1 N–H and O–H groups in total. The van der Waals surface area contributed by atoms with Crippen molar-refractivity contribution in [3.05, 3.63) is 17.5 Å². The van der Waals surface area contributed by atoms with Crippen molar-refractivity contribution in [3.8, 4) is 0 Å². The molecule has 0 unspecified atom stereocenters. The molecule has 66 valence electrons. The van der Waals surface area contributed by atoms with Gasteiger partial charge in [0.05, 0.1) is 0 Å². The number of hydrogen-bond donors (Lipinski definition) is 1. The van der Waals surface area contributed by atoms with Crippen LogP contribution in [-0.2, 0) is 4.79 Å². The van der Waals surface area contributed by atoms with E-state index in [-0.39, 0.29) is 5.91 Å². The Kier molecular flexibility index (Phi) is 3.10. The zero-order valence-electron chi connectivity index (χ0n) is 7.20. The number of amides is 1. The smallest absolute Gasteiger partial charge is 0.238 e. The topological polar surface area (TPSA) is 32.3 Å². The molecule has 0 spiro atoms. The van der Waals surface area contributed by atoms with Gasteiger partial charge in [0.2, 0.25) is 5.91 Å². The number of rotatable bonds is 3. The summed E-state index contributed by atoms with van der Waals surface area (Å²) in [7, 11) is 1.83. The van der Waals surface area contributed by atoms with Crippen LogP contribution in [0, 0.1) is 0 Å². The van der Waals surface area contributed by atoms with Crippen LogP contribution in [0.3, 0.4) is 0 Å². The normalized spacial score (nSPS) is 9.50. The van der Waals surface area contributed by atoms with Gasteiger partial charge in [-0.05, 0) is 17.5 Å². The summed E-state index contributed by atoms with van der Waals surface area (Å²) in [4.78, 5) is 11.0. The quantitative estimate of drug-likeness (QED) is 0.724. The second kappa shape index (κ2) is 4.11. The van der Waals surface area contributed by atoms with Gasteiger partial charge in [-0.3, -0.25) is 15.2 Å². The molecule has 0 fully saturated rings. The molecule has 0 saturated carbocycles. The highest BCUT2D eigenvalue weighted by molar-refractivity contribution is 7.14. The minimum absolute atomic E-state index is 0.0332. The van der Waals surface area contributed by atoms with Gasteiger partial charge >= 0.3 is 0 Å². The van der Waals surface area contributed by atoms with E-state index >= 15 is 0 Å². The van der Waals surface area contributed by atoms with Gasteiger partial charge in [0.25, 0.3) is 0 Å². The highest BCUT2D eigenvalue weighted by Crippen LogP contribution is 2.17. The maximum absolute atomic E-state index is 11.0. The van der Waals surface area contributed by atoms with E-state index in [1.807, 2.05) is 31.5 Å². The molecule has 0 radical (unpaired) electrons. The van der Waals surface area contributed by atoms with Crippen LogP contribution in [-0.4, -0.2) is 13.0 Å². The molecule has 4 heteroatoms. The van der Waals surface area contributed by atoms with Crippen LogP contribution in [0.2, 0.25) is 0 Å². The summed E-state index contributed by atoms with van der Waals surface area (Å²) in [6.45, 7) is 1.83. The first-order chi connectivity index (χ1) is 5.74. The van der Waals surface area contributed by atoms with E-state index in [4.69, 9.17) is 0 Å². The van der Waals surface area contributed by atoms with Gasteiger partial charge in [-0.25, -0.2) is 0 Å². The first-order valence-electron chi connectivity index (χ1n) is 3.80. The molecular weight excluding hydrogens is 172 g/mol. The summed E-state index contributed by atoms with van der Waals surface area (Å²) in [6, 6.07) is 3.91. The molecule has 1 heterocycles. The van der Waals surface area contributed by atoms with Crippen molar-refractivity contribution < 1.29 is 4.79 Å². The molecule has 1 amide bonds. The summed E-state index contributed by atoms with van der Waals surface area (Å²) < 4.78 is 0. The summed E-state index contributed by atoms with van der Waals surface area (Å²) in [6.07, 6.45) is 0.510. The third kappa shape index (κ3) is 2.23. The number of anilines is 1. The number of thiophene rings is 1. The Morgan fingerprint density at radius 3 is 3.00 bits per heavy atom. The number of hydrazine groups is 1. The number of carbonyl (C=O) groups is 1. The highest BCUT2D eigenvalue weighted by Gasteiger charge is 2.03. The molecule has 1 aromatic heterocycles. The second-order valence-corrected chi connectivity index (χ2v) is 3.32. The van der Waals surface area contributed by atoms with Crippen molar-refractivity contribution in [1.82, 2.24) is 5.43 Å². The first kappa shape index (κ1) is 9.06. The molecule has 1 rings (SSSR count). The lowest BCUT2D eigenvalue weighted by Gasteiger charge is -2.17. The Morgan fingerprint density at radius 1 is 1.75 bits per heavy atom. The predicted octanol–water partition coefficient (Wildman–Crippen LogP) is 1.63.